The Labute approximate surface area is 93.2 Å². The zero-order valence-corrected chi connectivity index (χ0v) is 10.4. The molecule has 1 atom stereocenters. The number of nitrogens with one attached hydrogen (secondary N) is 1. The first-order valence-corrected chi connectivity index (χ1v) is 5.98. The molecule has 88 valence electrons. The molecule has 0 spiro atoms. The van der Waals surface area contributed by atoms with E-state index in [2.05, 4.69) is 12.2 Å². The van der Waals surface area contributed by atoms with Crippen LogP contribution in [0.5, 0.6) is 0 Å². The minimum Gasteiger partial charge on any atom is -0.342 e. The highest BCUT2D eigenvalue weighted by atomic mass is 16.2. The van der Waals surface area contributed by atoms with Crippen molar-refractivity contribution in [1.82, 2.24) is 10.2 Å². The SMILES string of the molecule is CC(CNCC(=O)N(C)C(C)C)C1CC1. The Morgan fingerprint density at radius 3 is 2.47 bits per heavy atom. The van der Waals surface area contributed by atoms with E-state index in [1.165, 1.54) is 12.8 Å². The van der Waals surface area contributed by atoms with E-state index in [0.29, 0.717) is 12.6 Å². The van der Waals surface area contributed by atoms with Crippen molar-refractivity contribution >= 4 is 5.91 Å². The summed E-state index contributed by atoms with van der Waals surface area (Å²) in [6.07, 6.45) is 2.76. The summed E-state index contributed by atoms with van der Waals surface area (Å²) in [7, 11) is 1.86. The Kier molecular flexibility index (Phi) is 4.58. The lowest BCUT2D eigenvalue weighted by molar-refractivity contribution is -0.130. The van der Waals surface area contributed by atoms with Crippen molar-refractivity contribution in [3.05, 3.63) is 0 Å². The molecule has 1 aliphatic rings. The molecule has 1 N–H and O–H groups in total. The zero-order chi connectivity index (χ0) is 11.4. The van der Waals surface area contributed by atoms with Gasteiger partial charge >= 0.3 is 0 Å². The number of amides is 1. The van der Waals surface area contributed by atoms with Crippen LogP contribution in [0, 0.1) is 11.8 Å². The van der Waals surface area contributed by atoms with Crippen LogP contribution in [0.1, 0.15) is 33.6 Å². The van der Waals surface area contributed by atoms with E-state index in [-0.39, 0.29) is 5.91 Å². The molecule has 0 bridgehead atoms. The number of nitrogens with zero attached hydrogens (tertiary/aromatic N) is 1. The first-order chi connectivity index (χ1) is 7.02. The summed E-state index contributed by atoms with van der Waals surface area (Å²) in [5.74, 6) is 1.82. The number of hydrogen-bond acceptors (Lipinski definition) is 2. The summed E-state index contributed by atoms with van der Waals surface area (Å²) >= 11 is 0. The number of carbonyl (C=O) groups is 1. The molecule has 1 unspecified atom stereocenters. The van der Waals surface area contributed by atoms with Gasteiger partial charge in [0.25, 0.3) is 0 Å². The van der Waals surface area contributed by atoms with Gasteiger partial charge in [0.1, 0.15) is 0 Å². The van der Waals surface area contributed by atoms with Crippen molar-refractivity contribution in [2.75, 3.05) is 20.1 Å². The van der Waals surface area contributed by atoms with Gasteiger partial charge in [0.15, 0.2) is 0 Å². The molecule has 0 aromatic carbocycles. The first-order valence-electron chi connectivity index (χ1n) is 5.98. The van der Waals surface area contributed by atoms with Crippen LogP contribution >= 0.6 is 0 Å². The Balaban J connectivity index is 2.10. The van der Waals surface area contributed by atoms with Gasteiger partial charge in [-0.05, 0) is 45.1 Å². The third kappa shape index (κ3) is 4.20. The van der Waals surface area contributed by atoms with Gasteiger partial charge in [-0.25, -0.2) is 0 Å². The highest BCUT2D eigenvalue weighted by Crippen LogP contribution is 2.35. The topological polar surface area (TPSA) is 32.3 Å². The standard InChI is InChI=1S/C12H24N2O/c1-9(2)14(4)12(15)8-13-7-10(3)11-5-6-11/h9-11,13H,5-8H2,1-4H3. The highest BCUT2D eigenvalue weighted by Gasteiger charge is 2.27. The number of rotatable bonds is 6. The fourth-order valence-electron chi connectivity index (χ4n) is 1.65. The van der Waals surface area contributed by atoms with Crippen LogP contribution in [0.3, 0.4) is 0 Å². The highest BCUT2D eigenvalue weighted by molar-refractivity contribution is 5.78. The van der Waals surface area contributed by atoms with Crippen LogP contribution in [-0.2, 0) is 4.79 Å². The van der Waals surface area contributed by atoms with Crippen molar-refractivity contribution in [2.45, 2.75) is 39.7 Å². The van der Waals surface area contributed by atoms with Crippen LogP contribution in [-0.4, -0.2) is 37.0 Å². The normalized spacial score (nSPS) is 17.9. The molecule has 0 aromatic rings. The van der Waals surface area contributed by atoms with Gasteiger partial charge in [-0.2, -0.15) is 0 Å². The molecule has 0 saturated heterocycles. The first kappa shape index (κ1) is 12.5. The summed E-state index contributed by atoms with van der Waals surface area (Å²) in [5.41, 5.74) is 0. The maximum absolute atomic E-state index is 11.6. The average Bonchev–Trinajstić information content (AvgIpc) is 2.99. The lowest BCUT2D eigenvalue weighted by Gasteiger charge is -2.22. The quantitative estimate of drug-likeness (QED) is 0.723. The Morgan fingerprint density at radius 2 is 2.00 bits per heavy atom. The van der Waals surface area contributed by atoms with Crippen LogP contribution in [0.4, 0.5) is 0 Å². The van der Waals surface area contributed by atoms with E-state index in [0.717, 1.165) is 18.4 Å². The fraction of sp³-hybridized carbons (Fsp3) is 0.917. The molecular weight excluding hydrogens is 188 g/mol. The lowest BCUT2D eigenvalue weighted by atomic mass is 10.1. The van der Waals surface area contributed by atoms with Crippen molar-refractivity contribution < 1.29 is 4.79 Å². The van der Waals surface area contributed by atoms with Crippen molar-refractivity contribution in [3.63, 3.8) is 0 Å². The van der Waals surface area contributed by atoms with E-state index in [9.17, 15) is 4.79 Å². The molecule has 1 amide bonds. The summed E-state index contributed by atoms with van der Waals surface area (Å²) in [6.45, 7) is 7.78. The molecule has 1 saturated carbocycles. The molecular formula is C12H24N2O. The fourth-order valence-corrected chi connectivity index (χ4v) is 1.65. The molecule has 1 rings (SSSR count). The molecule has 0 aliphatic heterocycles. The summed E-state index contributed by atoms with van der Waals surface area (Å²) in [5, 5.41) is 3.25. The van der Waals surface area contributed by atoms with Gasteiger partial charge in [-0.3, -0.25) is 4.79 Å². The number of hydrogen-bond donors (Lipinski definition) is 1. The maximum Gasteiger partial charge on any atom is 0.236 e. The third-order valence-corrected chi connectivity index (χ3v) is 3.34. The molecule has 0 heterocycles. The van der Waals surface area contributed by atoms with E-state index in [4.69, 9.17) is 0 Å². The summed E-state index contributed by atoms with van der Waals surface area (Å²) in [4.78, 5) is 13.4. The molecule has 3 nitrogen and oxygen atoms in total. The smallest absolute Gasteiger partial charge is 0.236 e. The molecule has 1 aliphatic carbocycles. The van der Waals surface area contributed by atoms with Gasteiger partial charge in [0.2, 0.25) is 5.91 Å². The van der Waals surface area contributed by atoms with Gasteiger partial charge in [0, 0.05) is 13.1 Å². The Bertz CT molecular complexity index is 212. The Hall–Kier alpha value is -0.570. The minimum atomic E-state index is 0.188. The van der Waals surface area contributed by atoms with Gasteiger partial charge in [-0.15, -0.1) is 0 Å². The number of likely N-dealkylation sites (N-methyl/N-ethyl adjacent to an activating group) is 1. The van der Waals surface area contributed by atoms with E-state index in [1.807, 2.05) is 20.9 Å². The predicted molar refractivity (Wildman–Crippen MR) is 62.7 cm³/mol. The van der Waals surface area contributed by atoms with E-state index < -0.39 is 0 Å². The van der Waals surface area contributed by atoms with Crippen LogP contribution in [0.15, 0.2) is 0 Å². The maximum atomic E-state index is 11.6. The molecule has 15 heavy (non-hydrogen) atoms. The van der Waals surface area contributed by atoms with Crippen molar-refractivity contribution in [3.8, 4) is 0 Å². The molecule has 1 fully saturated rings. The summed E-state index contributed by atoms with van der Waals surface area (Å²) in [6, 6.07) is 0.292. The molecule has 0 aromatic heterocycles. The second-order valence-electron chi connectivity index (χ2n) is 5.04. The zero-order valence-electron chi connectivity index (χ0n) is 10.4. The molecule has 0 radical (unpaired) electrons. The van der Waals surface area contributed by atoms with Crippen LogP contribution in [0.2, 0.25) is 0 Å². The number of carbonyl (C=O) groups excluding carboxylic acids is 1. The van der Waals surface area contributed by atoms with Crippen molar-refractivity contribution in [1.29, 1.82) is 0 Å². The van der Waals surface area contributed by atoms with Gasteiger partial charge in [-0.1, -0.05) is 6.92 Å². The second-order valence-corrected chi connectivity index (χ2v) is 5.04. The largest absolute Gasteiger partial charge is 0.342 e. The monoisotopic (exact) mass is 212 g/mol. The van der Waals surface area contributed by atoms with E-state index in [1.54, 1.807) is 4.90 Å². The average molecular weight is 212 g/mol. The predicted octanol–water partition coefficient (Wildman–Crippen LogP) is 1.49. The van der Waals surface area contributed by atoms with Crippen LogP contribution in [0.25, 0.3) is 0 Å². The lowest BCUT2D eigenvalue weighted by Crippen LogP contribution is -2.40. The van der Waals surface area contributed by atoms with Gasteiger partial charge < -0.3 is 10.2 Å². The van der Waals surface area contributed by atoms with Crippen LogP contribution < -0.4 is 5.32 Å². The van der Waals surface area contributed by atoms with Crippen molar-refractivity contribution in [2.24, 2.45) is 11.8 Å². The summed E-state index contributed by atoms with van der Waals surface area (Å²) < 4.78 is 0. The Morgan fingerprint density at radius 1 is 1.40 bits per heavy atom. The minimum absolute atomic E-state index is 0.188. The molecule has 3 heteroatoms. The van der Waals surface area contributed by atoms with Gasteiger partial charge in [0.05, 0.1) is 6.54 Å². The second kappa shape index (κ2) is 5.50. The van der Waals surface area contributed by atoms with E-state index >= 15 is 0 Å². The third-order valence-electron chi connectivity index (χ3n) is 3.34.